The van der Waals surface area contributed by atoms with Crippen LogP contribution in [-0.4, -0.2) is 16.8 Å². The number of aromatic nitrogens is 1. The third-order valence-corrected chi connectivity index (χ3v) is 5.77. The van der Waals surface area contributed by atoms with Crippen molar-refractivity contribution in [2.45, 2.75) is 25.7 Å². The summed E-state index contributed by atoms with van der Waals surface area (Å²) >= 11 is 0. The van der Waals surface area contributed by atoms with E-state index in [4.69, 9.17) is 0 Å². The highest BCUT2D eigenvalue weighted by Gasteiger charge is 2.17. The minimum absolute atomic E-state index is 0.167. The largest absolute Gasteiger partial charge is 0.358 e. The fourth-order valence-corrected chi connectivity index (χ4v) is 4.22. The Hall–Kier alpha value is -3.86. The average Bonchev–Trinajstić information content (AvgIpc) is 3.18. The van der Waals surface area contributed by atoms with Crippen molar-refractivity contribution in [3.8, 4) is 0 Å². The van der Waals surface area contributed by atoms with E-state index in [1.54, 1.807) is 24.3 Å². The van der Waals surface area contributed by atoms with E-state index in [9.17, 15) is 9.59 Å². The lowest BCUT2D eigenvalue weighted by Crippen LogP contribution is -2.14. The Labute approximate surface area is 180 Å². The number of anilines is 2. The van der Waals surface area contributed by atoms with Crippen molar-refractivity contribution in [3.63, 3.8) is 0 Å². The predicted molar refractivity (Wildman–Crippen MR) is 124 cm³/mol. The fraction of sp³-hybridized carbons (Fsp3) is 0.154. The van der Waals surface area contributed by atoms with E-state index in [2.05, 4.69) is 15.6 Å². The Morgan fingerprint density at radius 1 is 0.710 bits per heavy atom. The summed E-state index contributed by atoms with van der Waals surface area (Å²) in [6, 6.07) is 22.0. The number of fused-ring (bicyclic) bond motifs is 3. The van der Waals surface area contributed by atoms with Crippen molar-refractivity contribution in [3.05, 3.63) is 95.2 Å². The van der Waals surface area contributed by atoms with Crippen molar-refractivity contribution in [1.29, 1.82) is 0 Å². The summed E-state index contributed by atoms with van der Waals surface area (Å²) in [5, 5.41) is 6.96. The van der Waals surface area contributed by atoms with E-state index < -0.39 is 0 Å². The smallest absolute Gasteiger partial charge is 0.255 e. The molecular weight excluding hydrogens is 386 g/mol. The first-order valence-electron chi connectivity index (χ1n) is 10.6. The summed E-state index contributed by atoms with van der Waals surface area (Å²) in [7, 11) is 0. The molecule has 0 spiro atoms. The molecule has 0 saturated heterocycles. The zero-order chi connectivity index (χ0) is 21.2. The summed E-state index contributed by atoms with van der Waals surface area (Å²) in [4.78, 5) is 28.8. The number of aryl methyl sites for hydroxylation is 2. The van der Waals surface area contributed by atoms with Gasteiger partial charge in [0.2, 0.25) is 0 Å². The lowest BCUT2D eigenvalue weighted by atomic mass is 9.95. The van der Waals surface area contributed by atoms with Gasteiger partial charge in [-0.2, -0.15) is 0 Å². The summed E-state index contributed by atoms with van der Waals surface area (Å²) in [6.45, 7) is 0. The van der Waals surface area contributed by atoms with Gasteiger partial charge in [0.15, 0.2) is 0 Å². The van der Waals surface area contributed by atoms with E-state index in [0.29, 0.717) is 22.5 Å². The van der Waals surface area contributed by atoms with E-state index in [0.717, 1.165) is 23.7 Å². The second-order valence-electron chi connectivity index (χ2n) is 7.90. The first-order valence-corrected chi connectivity index (χ1v) is 10.6. The topological polar surface area (TPSA) is 74.0 Å². The molecule has 0 aliphatic heterocycles. The lowest BCUT2D eigenvalue weighted by molar-refractivity contribution is 0.101. The van der Waals surface area contributed by atoms with Crippen LogP contribution in [0.5, 0.6) is 0 Å². The molecule has 3 N–H and O–H groups in total. The van der Waals surface area contributed by atoms with E-state index in [1.807, 2.05) is 48.5 Å². The molecule has 0 atom stereocenters. The number of hydrogen-bond donors (Lipinski definition) is 3. The third kappa shape index (κ3) is 3.94. The van der Waals surface area contributed by atoms with Gasteiger partial charge in [-0.15, -0.1) is 0 Å². The number of nitrogens with one attached hydrogen (secondary N) is 3. The molecule has 5 nitrogen and oxygen atoms in total. The molecule has 1 heterocycles. The van der Waals surface area contributed by atoms with Crippen LogP contribution in [0.15, 0.2) is 72.8 Å². The number of amides is 2. The molecule has 0 unspecified atom stereocenters. The number of benzene rings is 3. The molecule has 31 heavy (non-hydrogen) atoms. The highest BCUT2D eigenvalue weighted by atomic mass is 16.2. The number of aromatic amines is 1. The molecule has 1 aliphatic carbocycles. The summed E-state index contributed by atoms with van der Waals surface area (Å²) in [5.74, 6) is -0.356. The van der Waals surface area contributed by atoms with Crippen molar-refractivity contribution < 1.29 is 9.59 Å². The molecule has 0 bridgehead atoms. The first kappa shape index (κ1) is 19.1. The van der Waals surface area contributed by atoms with Gasteiger partial charge in [0, 0.05) is 39.1 Å². The Kier molecular flexibility index (Phi) is 5.00. The first-order chi connectivity index (χ1) is 15.2. The molecule has 1 aromatic heterocycles. The SMILES string of the molecule is O=C(Nc1cccc(NC(=O)c2ccc3[nH]c4c(c3c2)CCCC4)c1)c1ccccc1. The minimum atomic E-state index is -0.188. The average molecular weight is 409 g/mol. The van der Waals surface area contributed by atoms with Gasteiger partial charge in [-0.1, -0.05) is 24.3 Å². The van der Waals surface area contributed by atoms with Crippen LogP contribution in [0.2, 0.25) is 0 Å². The Balaban J connectivity index is 1.33. The second-order valence-corrected chi connectivity index (χ2v) is 7.90. The summed E-state index contributed by atoms with van der Waals surface area (Å²) in [5.41, 5.74) is 6.21. The van der Waals surface area contributed by atoms with Crippen LogP contribution < -0.4 is 10.6 Å². The van der Waals surface area contributed by atoms with Gasteiger partial charge in [0.1, 0.15) is 0 Å². The Bertz CT molecular complexity index is 1270. The fourth-order valence-electron chi connectivity index (χ4n) is 4.22. The van der Waals surface area contributed by atoms with Crippen LogP contribution in [-0.2, 0) is 12.8 Å². The second kappa shape index (κ2) is 8.11. The number of carbonyl (C=O) groups excluding carboxylic acids is 2. The van der Waals surface area contributed by atoms with Crippen LogP contribution in [0.1, 0.15) is 44.8 Å². The molecule has 5 rings (SSSR count). The lowest BCUT2D eigenvalue weighted by Gasteiger charge is -2.11. The standard InChI is InChI=1S/C26H23N3O2/c30-25(17-7-2-1-3-8-17)27-19-9-6-10-20(16-19)28-26(31)18-13-14-24-22(15-18)21-11-4-5-12-23(21)29-24/h1-3,6-10,13-16,29H,4-5,11-12H2,(H,27,30)(H,28,31). The Morgan fingerprint density at radius 3 is 2.19 bits per heavy atom. The van der Waals surface area contributed by atoms with Crippen LogP contribution >= 0.6 is 0 Å². The van der Waals surface area contributed by atoms with Crippen LogP contribution in [0, 0.1) is 0 Å². The zero-order valence-electron chi connectivity index (χ0n) is 17.1. The highest BCUT2D eigenvalue weighted by molar-refractivity contribution is 6.08. The van der Waals surface area contributed by atoms with Gasteiger partial charge in [0.05, 0.1) is 0 Å². The number of rotatable bonds is 4. The molecule has 0 saturated carbocycles. The van der Waals surface area contributed by atoms with Crippen LogP contribution in [0.3, 0.4) is 0 Å². The molecule has 5 heteroatoms. The Morgan fingerprint density at radius 2 is 1.42 bits per heavy atom. The summed E-state index contributed by atoms with van der Waals surface area (Å²) < 4.78 is 0. The van der Waals surface area contributed by atoms with Gasteiger partial charge in [-0.3, -0.25) is 9.59 Å². The number of hydrogen-bond acceptors (Lipinski definition) is 2. The van der Waals surface area contributed by atoms with Crippen molar-refractivity contribution in [1.82, 2.24) is 4.98 Å². The van der Waals surface area contributed by atoms with Crippen LogP contribution in [0.4, 0.5) is 11.4 Å². The molecular formula is C26H23N3O2. The molecule has 0 fully saturated rings. The normalized spacial score (nSPS) is 12.9. The number of H-pyrrole nitrogens is 1. The van der Waals surface area contributed by atoms with Crippen LogP contribution in [0.25, 0.3) is 10.9 Å². The van der Waals surface area contributed by atoms with Crippen molar-refractivity contribution in [2.75, 3.05) is 10.6 Å². The van der Waals surface area contributed by atoms with E-state index in [-0.39, 0.29) is 11.8 Å². The zero-order valence-corrected chi connectivity index (χ0v) is 17.1. The maximum absolute atomic E-state index is 12.9. The van der Waals surface area contributed by atoms with Gasteiger partial charge >= 0.3 is 0 Å². The van der Waals surface area contributed by atoms with Gasteiger partial charge in [0.25, 0.3) is 11.8 Å². The molecule has 3 aromatic carbocycles. The number of carbonyl (C=O) groups is 2. The monoisotopic (exact) mass is 409 g/mol. The third-order valence-electron chi connectivity index (χ3n) is 5.77. The van der Waals surface area contributed by atoms with Gasteiger partial charge in [-0.25, -0.2) is 0 Å². The molecule has 2 amide bonds. The quantitative estimate of drug-likeness (QED) is 0.413. The van der Waals surface area contributed by atoms with Crippen molar-refractivity contribution in [2.24, 2.45) is 0 Å². The molecule has 154 valence electrons. The maximum Gasteiger partial charge on any atom is 0.255 e. The highest BCUT2D eigenvalue weighted by Crippen LogP contribution is 2.30. The van der Waals surface area contributed by atoms with Gasteiger partial charge in [-0.05, 0) is 79.8 Å². The van der Waals surface area contributed by atoms with Gasteiger partial charge < -0.3 is 15.6 Å². The molecule has 0 radical (unpaired) electrons. The maximum atomic E-state index is 12.9. The molecule has 1 aliphatic rings. The van der Waals surface area contributed by atoms with Crippen molar-refractivity contribution >= 4 is 34.1 Å². The van der Waals surface area contributed by atoms with E-state index in [1.165, 1.54) is 24.1 Å². The predicted octanol–water partition coefficient (Wildman–Crippen LogP) is 5.55. The van der Waals surface area contributed by atoms with E-state index >= 15 is 0 Å². The minimum Gasteiger partial charge on any atom is -0.358 e. The summed E-state index contributed by atoms with van der Waals surface area (Å²) in [6.07, 6.45) is 4.54. The molecule has 4 aromatic rings.